The highest BCUT2D eigenvalue weighted by molar-refractivity contribution is 7.89. The van der Waals surface area contributed by atoms with Crippen LogP contribution in [0.2, 0.25) is 0 Å². The molecule has 2 aromatic rings. The topological polar surface area (TPSA) is 69.7 Å². The number of rotatable bonds is 6. The highest BCUT2D eigenvalue weighted by atomic mass is 32.2. The summed E-state index contributed by atoms with van der Waals surface area (Å²) in [6.07, 6.45) is 3.22. The minimum Gasteiger partial charge on any atom is -0.312 e. The van der Waals surface area contributed by atoms with Gasteiger partial charge in [0.2, 0.25) is 15.9 Å². The molecule has 2 aromatic carbocycles. The van der Waals surface area contributed by atoms with Crippen molar-refractivity contribution in [1.82, 2.24) is 9.62 Å². The summed E-state index contributed by atoms with van der Waals surface area (Å²) < 4.78 is 28.1. The van der Waals surface area contributed by atoms with Gasteiger partial charge in [-0.1, -0.05) is 24.3 Å². The van der Waals surface area contributed by atoms with Crippen molar-refractivity contribution in [3.05, 3.63) is 59.2 Å². The van der Waals surface area contributed by atoms with Gasteiger partial charge in [-0.3, -0.25) is 9.69 Å². The number of carbonyl (C=O) groups is 1. The summed E-state index contributed by atoms with van der Waals surface area (Å²) >= 11 is 0. The van der Waals surface area contributed by atoms with E-state index in [1.165, 1.54) is 25.3 Å². The van der Waals surface area contributed by atoms with E-state index < -0.39 is 10.0 Å². The number of sulfonamides is 1. The largest absolute Gasteiger partial charge is 0.312 e. The Morgan fingerprint density at radius 2 is 1.69 bits per heavy atom. The molecular weight excluding hydrogens is 386 g/mol. The van der Waals surface area contributed by atoms with Crippen LogP contribution in [0.4, 0.5) is 5.69 Å². The Bertz CT molecular complexity index is 996. The Labute approximate surface area is 172 Å². The lowest BCUT2D eigenvalue weighted by Gasteiger charge is -2.15. The Balaban J connectivity index is 1.39. The summed E-state index contributed by atoms with van der Waals surface area (Å²) in [4.78, 5) is 16.0. The van der Waals surface area contributed by atoms with E-state index in [0.29, 0.717) is 13.0 Å². The van der Waals surface area contributed by atoms with Gasteiger partial charge in [0.15, 0.2) is 0 Å². The molecule has 2 aliphatic rings. The summed E-state index contributed by atoms with van der Waals surface area (Å²) in [7, 11) is -3.61. The predicted octanol–water partition coefficient (Wildman–Crippen LogP) is 2.67. The quantitative estimate of drug-likeness (QED) is 0.791. The van der Waals surface area contributed by atoms with Crippen molar-refractivity contribution in [2.45, 2.75) is 44.2 Å². The molecule has 154 valence electrons. The average Bonchev–Trinajstić information content (AvgIpc) is 3.36. The Kier molecular flexibility index (Phi) is 5.72. The van der Waals surface area contributed by atoms with Crippen LogP contribution in [-0.4, -0.2) is 38.9 Å². The lowest BCUT2D eigenvalue weighted by atomic mass is 10.1. The standard InChI is InChI=1S/C22H27N3O3S/c1-17(26)25-13-10-20-14-21(8-9-22(20)25)29(27,28)23-15-18-4-6-19(7-5-18)16-24-11-2-3-12-24/h4-9,14,23H,2-3,10-13,15-16H2,1H3. The zero-order valence-corrected chi connectivity index (χ0v) is 17.5. The van der Waals surface area contributed by atoms with E-state index in [1.54, 1.807) is 23.1 Å². The normalized spacial score (nSPS) is 16.9. The van der Waals surface area contributed by atoms with E-state index in [2.05, 4.69) is 21.8 Å². The minimum absolute atomic E-state index is 0.0225. The fourth-order valence-electron chi connectivity index (χ4n) is 4.10. The number of nitrogens with one attached hydrogen (secondary N) is 1. The Morgan fingerprint density at radius 3 is 2.38 bits per heavy atom. The van der Waals surface area contributed by atoms with E-state index >= 15 is 0 Å². The van der Waals surface area contributed by atoms with Crippen molar-refractivity contribution >= 4 is 21.6 Å². The van der Waals surface area contributed by atoms with Gasteiger partial charge in [-0.2, -0.15) is 0 Å². The van der Waals surface area contributed by atoms with Crippen molar-refractivity contribution in [2.24, 2.45) is 0 Å². The first-order valence-electron chi connectivity index (χ1n) is 10.1. The molecule has 0 aromatic heterocycles. The number of carbonyl (C=O) groups excluding carboxylic acids is 1. The number of hydrogen-bond donors (Lipinski definition) is 1. The maximum absolute atomic E-state index is 12.7. The second kappa shape index (κ2) is 8.26. The van der Waals surface area contributed by atoms with Gasteiger partial charge in [-0.15, -0.1) is 0 Å². The van der Waals surface area contributed by atoms with Gasteiger partial charge >= 0.3 is 0 Å². The first kappa shape index (κ1) is 20.1. The van der Waals surface area contributed by atoms with E-state index in [4.69, 9.17) is 0 Å². The molecule has 0 radical (unpaired) electrons. The molecule has 2 aliphatic heterocycles. The highest BCUT2D eigenvalue weighted by Crippen LogP contribution is 2.30. The number of fused-ring (bicyclic) bond motifs is 1. The zero-order valence-electron chi connectivity index (χ0n) is 16.7. The molecule has 0 unspecified atom stereocenters. The van der Waals surface area contributed by atoms with Crippen LogP contribution in [0.15, 0.2) is 47.4 Å². The van der Waals surface area contributed by atoms with E-state index in [0.717, 1.165) is 36.4 Å². The maximum Gasteiger partial charge on any atom is 0.240 e. The molecule has 1 fully saturated rings. The van der Waals surface area contributed by atoms with Crippen molar-refractivity contribution in [2.75, 3.05) is 24.5 Å². The summed E-state index contributed by atoms with van der Waals surface area (Å²) in [6, 6.07) is 13.1. The van der Waals surface area contributed by atoms with Gasteiger partial charge in [-0.25, -0.2) is 13.1 Å². The average molecular weight is 414 g/mol. The van der Waals surface area contributed by atoms with Gasteiger partial charge in [-0.05, 0) is 67.2 Å². The lowest BCUT2D eigenvalue weighted by molar-refractivity contribution is -0.116. The summed E-state index contributed by atoms with van der Waals surface area (Å²) in [5.41, 5.74) is 3.90. The molecule has 0 bridgehead atoms. The molecule has 1 N–H and O–H groups in total. The van der Waals surface area contributed by atoms with E-state index in [-0.39, 0.29) is 17.3 Å². The van der Waals surface area contributed by atoms with Gasteiger partial charge in [0.25, 0.3) is 0 Å². The molecule has 2 heterocycles. The number of benzene rings is 2. The molecule has 29 heavy (non-hydrogen) atoms. The molecule has 0 atom stereocenters. The maximum atomic E-state index is 12.7. The van der Waals surface area contributed by atoms with Gasteiger partial charge < -0.3 is 4.90 Å². The smallest absolute Gasteiger partial charge is 0.240 e. The first-order valence-corrected chi connectivity index (χ1v) is 11.6. The van der Waals surface area contributed by atoms with Gasteiger partial charge in [0, 0.05) is 32.2 Å². The Hall–Kier alpha value is -2.22. The van der Waals surface area contributed by atoms with E-state index in [1.807, 2.05) is 12.1 Å². The van der Waals surface area contributed by atoms with Gasteiger partial charge in [0.05, 0.1) is 4.90 Å². The summed E-state index contributed by atoms with van der Waals surface area (Å²) in [6.45, 7) is 5.66. The number of nitrogens with zero attached hydrogens (tertiary/aromatic N) is 2. The molecule has 7 heteroatoms. The minimum atomic E-state index is -3.61. The van der Waals surface area contributed by atoms with Crippen LogP contribution in [0.1, 0.15) is 36.5 Å². The monoisotopic (exact) mass is 413 g/mol. The number of amides is 1. The third kappa shape index (κ3) is 4.52. The third-order valence-electron chi connectivity index (χ3n) is 5.73. The molecular formula is C22H27N3O3S. The molecule has 1 saturated heterocycles. The summed E-state index contributed by atoms with van der Waals surface area (Å²) in [5, 5.41) is 0. The predicted molar refractivity (Wildman–Crippen MR) is 113 cm³/mol. The lowest BCUT2D eigenvalue weighted by Crippen LogP contribution is -2.26. The number of likely N-dealkylation sites (tertiary alicyclic amines) is 1. The van der Waals surface area contributed by atoms with Crippen molar-refractivity contribution < 1.29 is 13.2 Å². The third-order valence-corrected chi connectivity index (χ3v) is 7.13. The molecule has 4 rings (SSSR count). The molecule has 0 saturated carbocycles. The van der Waals surface area contributed by atoms with Crippen LogP contribution < -0.4 is 9.62 Å². The molecule has 0 aliphatic carbocycles. The van der Waals surface area contributed by atoms with Crippen molar-refractivity contribution in [1.29, 1.82) is 0 Å². The van der Waals surface area contributed by atoms with E-state index in [9.17, 15) is 13.2 Å². The van der Waals surface area contributed by atoms with Crippen LogP contribution >= 0.6 is 0 Å². The highest BCUT2D eigenvalue weighted by Gasteiger charge is 2.24. The van der Waals surface area contributed by atoms with Crippen LogP contribution in [0, 0.1) is 0 Å². The SMILES string of the molecule is CC(=O)N1CCc2cc(S(=O)(=O)NCc3ccc(CN4CCCC4)cc3)ccc21. The molecule has 6 nitrogen and oxygen atoms in total. The summed E-state index contributed by atoms with van der Waals surface area (Å²) in [5.74, 6) is -0.0225. The van der Waals surface area contributed by atoms with Gasteiger partial charge in [0.1, 0.15) is 0 Å². The van der Waals surface area contributed by atoms with Crippen molar-refractivity contribution in [3.63, 3.8) is 0 Å². The fraction of sp³-hybridized carbons (Fsp3) is 0.409. The second-order valence-corrected chi connectivity index (χ2v) is 9.60. The number of hydrogen-bond acceptors (Lipinski definition) is 4. The number of anilines is 1. The van der Waals surface area contributed by atoms with Crippen LogP contribution in [-0.2, 0) is 34.3 Å². The molecule has 0 spiro atoms. The first-order chi connectivity index (χ1) is 13.9. The molecule has 1 amide bonds. The van der Waals surface area contributed by atoms with Crippen LogP contribution in [0.5, 0.6) is 0 Å². The second-order valence-electron chi connectivity index (χ2n) is 7.84. The van der Waals surface area contributed by atoms with Crippen LogP contribution in [0.25, 0.3) is 0 Å². The van der Waals surface area contributed by atoms with Crippen molar-refractivity contribution in [3.8, 4) is 0 Å². The zero-order chi connectivity index (χ0) is 20.4. The fourth-order valence-corrected chi connectivity index (χ4v) is 5.16. The van der Waals surface area contributed by atoms with Crippen LogP contribution in [0.3, 0.4) is 0 Å². The Morgan fingerprint density at radius 1 is 1.00 bits per heavy atom.